The minimum absolute atomic E-state index is 0.120. The molecule has 9 nitrogen and oxygen atoms in total. The van der Waals surface area contributed by atoms with E-state index in [1.165, 1.54) is 19.2 Å². The lowest BCUT2D eigenvalue weighted by molar-refractivity contribution is -0.161. The van der Waals surface area contributed by atoms with E-state index in [0.29, 0.717) is 13.1 Å². The van der Waals surface area contributed by atoms with Crippen molar-refractivity contribution >= 4 is 34.9 Å². The van der Waals surface area contributed by atoms with Gasteiger partial charge >= 0.3 is 5.97 Å². The summed E-state index contributed by atoms with van der Waals surface area (Å²) in [5.74, 6) is -1.72. The van der Waals surface area contributed by atoms with Gasteiger partial charge in [-0.25, -0.2) is 9.38 Å². The SMILES string of the molecule is COc1cc(N2CCC(O)(CC(=O)OC(C)(C)C)CC2)c(F)cc1N=C1CCC(=O)NC1=O. The fourth-order valence-corrected chi connectivity index (χ4v) is 3.87. The quantitative estimate of drug-likeness (QED) is 0.509. The van der Waals surface area contributed by atoms with Crippen LogP contribution in [0.5, 0.6) is 5.75 Å². The van der Waals surface area contributed by atoms with Gasteiger partial charge in [0.15, 0.2) is 0 Å². The molecule has 1 aromatic rings. The summed E-state index contributed by atoms with van der Waals surface area (Å²) in [4.78, 5) is 41.4. The van der Waals surface area contributed by atoms with Crippen molar-refractivity contribution in [3.05, 3.63) is 17.9 Å². The third kappa shape index (κ3) is 6.28. The predicted molar refractivity (Wildman–Crippen MR) is 119 cm³/mol. The van der Waals surface area contributed by atoms with Crippen molar-refractivity contribution < 1.29 is 33.4 Å². The molecule has 2 aliphatic heterocycles. The Morgan fingerprint density at radius 3 is 2.48 bits per heavy atom. The van der Waals surface area contributed by atoms with Crippen LogP contribution in [0, 0.1) is 5.82 Å². The third-order valence-corrected chi connectivity index (χ3v) is 5.54. The average molecular weight is 464 g/mol. The number of esters is 1. The van der Waals surface area contributed by atoms with Crippen LogP contribution in [-0.2, 0) is 19.1 Å². The lowest BCUT2D eigenvalue weighted by atomic mass is 9.88. The summed E-state index contributed by atoms with van der Waals surface area (Å²) >= 11 is 0. The molecule has 2 N–H and O–H groups in total. The van der Waals surface area contributed by atoms with Gasteiger partial charge in [-0.15, -0.1) is 0 Å². The maximum absolute atomic E-state index is 15.0. The van der Waals surface area contributed by atoms with E-state index in [1.807, 2.05) is 0 Å². The van der Waals surface area contributed by atoms with Crippen LogP contribution < -0.4 is 15.0 Å². The van der Waals surface area contributed by atoms with Gasteiger partial charge in [0.2, 0.25) is 5.91 Å². The van der Waals surface area contributed by atoms with E-state index in [-0.39, 0.29) is 60.8 Å². The molecule has 0 atom stereocenters. The van der Waals surface area contributed by atoms with Crippen LogP contribution >= 0.6 is 0 Å². The molecule has 0 spiro atoms. The summed E-state index contributed by atoms with van der Waals surface area (Å²) < 4.78 is 25.7. The molecule has 0 saturated carbocycles. The molecular weight excluding hydrogens is 433 g/mol. The highest BCUT2D eigenvalue weighted by molar-refractivity contribution is 6.43. The molecule has 0 radical (unpaired) electrons. The summed E-state index contributed by atoms with van der Waals surface area (Å²) in [6.07, 6.45) is 0.719. The van der Waals surface area contributed by atoms with Crippen LogP contribution in [0.1, 0.15) is 52.9 Å². The Balaban J connectivity index is 1.73. The van der Waals surface area contributed by atoms with E-state index in [9.17, 15) is 23.9 Å². The number of aliphatic imine (C=N–C) groups is 1. The van der Waals surface area contributed by atoms with Gasteiger partial charge in [0, 0.05) is 38.1 Å². The van der Waals surface area contributed by atoms with E-state index < -0.39 is 28.9 Å². The van der Waals surface area contributed by atoms with Gasteiger partial charge in [-0.1, -0.05) is 0 Å². The molecule has 10 heteroatoms. The minimum atomic E-state index is -1.21. The topological polar surface area (TPSA) is 118 Å². The lowest BCUT2D eigenvalue weighted by Gasteiger charge is -2.39. The van der Waals surface area contributed by atoms with Gasteiger partial charge in [0.1, 0.15) is 28.6 Å². The second kappa shape index (κ2) is 9.46. The molecule has 2 heterocycles. The Labute approximate surface area is 192 Å². The van der Waals surface area contributed by atoms with Crippen molar-refractivity contribution in [3.63, 3.8) is 0 Å². The first-order valence-electron chi connectivity index (χ1n) is 10.9. The predicted octanol–water partition coefficient (Wildman–Crippen LogP) is 2.41. The van der Waals surface area contributed by atoms with Crippen LogP contribution in [-0.4, -0.2) is 60.0 Å². The second-order valence-electron chi connectivity index (χ2n) is 9.39. The van der Waals surface area contributed by atoms with Crippen LogP contribution in [0.3, 0.4) is 0 Å². The van der Waals surface area contributed by atoms with E-state index in [1.54, 1.807) is 25.7 Å². The summed E-state index contributed by atoms with van der Waals surface area (Å²) in [6, 6.07) is 2.69. The van der Waals surface area contributed by atoms with Crippen LogP contribution in [0.25, 0.3) is 0 Å². The number of hydrogen-bond donors (Lipinski definition) is 2. The van der Waals surface area contributed by atoms with Gasteiger partial charge in [0.25, 0.3) is 5.91 Å². The number of amides is 2. The number of nitrogens with one attached hydrogen (secondary N) is 1. The third-order valence-electron chi connectivity index (χ3n) is 5.54. The zero-order chi connectivity index (χ0) is 24.4. The van der Waals surface area contributed by atoms with Crippen molar-refractivity contribution in [3.8, 4) is 5.75 Å². The molecule has 3 rings (SSSR count). The van der Waals surface area contributed by atoms with E-state index in [4.69, 9.17) is 9.47 Å². The Hall–Kier alpha value is -3.01. The maximum Gasteiger partial charge on any atom is 0.309 e. The fraction of sp³-hybridized carbons (Fsp3) is 0.565. The zero-order valence-electron chi connectivity index (χ0n) is 19.4. The Bertz CT molecular complexity index is 977. The number of ether oxygens (including phenoxy) is 2. The van der Waals surface area contributed by atoms with Gasteiger partial charge in [-0.3, -0.25) is 19.7 Å². The highest BCUT2D eigenvalue weighted by Crippen LogP contribution is 2.37. The largest absolute Gasteiger partial charge is 0.494 e. The summed E-state index contributed by atoms with van der Waals surface area (Å²) in [5, 5.41) is 13.0. The van der Waals surface area contributed by atoms with E-state index >= 15 is 0 Å². The highest BCUT2D eigenvalue weighted by Gasteiger charge is 2.37. The standard InChI is InChI=1S/C23H30FN3O6/c1-22(2,3)33-20(29)13-23(31)7-9-27(10-8-23)17-12-18(32-4)16(11-14(17)24)25-15-5-6-19(28)26-21(15)30/h11-12,31H,5-10,13H2,1-4H3,(H,26,28,30). The molecular formula is C23H30FN3O6. The molecule has 180 valence electrons. The molecule has 0 aromatic heterocycles. The Morgan fingerprint density at radius 1 is 1.24 bits per heavy atom. The number of aliphatic hydroxyl groups is 1. The first-order chi connectivity index (χ1) is 15.4. The molecule has 33 heavy (non-hydrogen) atoms. The van der Waals surface area contributed by atoms with Crippen molar-refractivity contribution in [1.29, 1.82) is 0 Å². The monoisotopic (exact) mass is 463 g/mol. The minimum Gasteiger partial charge on any atom is -0.494 e. The molecule has 2 amide bonds. The number of hydrogen-bond acceptors (Lipinski definition) is 8. The first-order valence-corrected chi connectivity index (χ1v) is 10.9. The van der Waals surface area contributed by atoms with Gasteiger partial charge in [-0.2, -0.15) is 0 Å². The molecule has 0 unspecified atom stereocenters. The van der Waals surface area contributed by atoms with Crippen molar-refractivity contribution in [1.82, 2.24) is 5.32 Å². The summed E-state index contributed by atoms with van der Waals surface area (Å²) in [5.41, 5.74) is -1.29. The van der Waals surface area contributed by atoms with Gasteiger partial charge in [-0.05, 0) is 33.6 Å². The molecule has 0 aliphatic carbocycles. The molecule has 0 bridgehead atoms. The summed E-state index contributed by atoms with van der Waals surface area (Å²) in [6.45, 7) is 5.96. The zero-order valence-corrected chi connectivity index (χ0v) is 19.4. The number of rotatable bonds is 5. The number of halogens is 1. The van der Waals surface area contributed by atoms with Crippen molar-refractivity contribution in [2.24, 2.45) is 4.99 Å². The normalized spacial score (nSPS) is 19.9. The van der Waals surface area contributed by atoms with Crippen molar-refractivity contribution in [2.75, 3.05) is 25.1 Å². The number of carbonyl (C=O) groups is 3. The molecule has 1 aromatic carbocycles. The number of imide groups is 1. The molecule has 2 saturated heterocycles. The number of benzene rings is 1. The number of nitrogens with zero attached hydrogens (tertiary/aromatic N) is 2. The van der Waals surface area contributed by atoms with Gasteiger partial charge < -0.3 is 19.5 Å². The number of anilines is 1. The average Bonchev–Trinajstić information content (AvgIpc) is 2.69. The Kier molecular flexibility index (Phi) is 7.06. The summed E-state index contributed by atoms with van der Waals surface area (Å²) in [7, 11) is 1.42. The molecule has 2 aliphatic rings. The highest BCUT2D eigenvalue weighted by atomic mass is 19.1. The lowest BCUT2D eigenvalue weighted by Crippen LogP contribution is -2.46. The van der Waals surface area contributed by atoms with E-state index in [2.05, 4.69) is 10.3 Å². The van der Waals surface area contributed by atoms with Crippen LogP contribution in [0.2, 0.25) is 0 Å². The van der Waals surface area contributed by atoms with Crippen LogP contribution in [0.15, 0.2) is 17.1 Å². The maximum atomic E-state index is 15.0. The smallest absolute Gasteiger partial charge is 0.309 e. The molecule has 2 fully saturated rings. The van der Waals surface area contributed by atoms with Crippen molar-refractivity contribution in [2.45, 2.75) is 64.1 Å². The Morgan fingerprint density at radius 2 is 1.91 bits per heavy atom. The first kappa shape index (κ1) is 24.6. The van der Waals surface area contributed by atoms with E-state index in [0.717, 1.165) is 0 Å². The number of carbonyl (C=O) groups excluding carboxylic acids is 3. The van der Waals surface area contributed by atoms with Gasteiger partial charge in [0.05, 0.1) is 24.8 Å². The van der Waals surface area contributed by atoms with Crippen LogP contribution in [0.4, 0.5) is 15.8 Å². The fourth-order valence-electron chi connectivity index (χ4n) is 3.87. The number of methoxy groups -OCH3 is 1. The number of piperidine rings is 2. The second-order valence-corrected chi connectivity index (χ2v) is 9.39.